The average Bonchev–Trinajstić information content (AvgIpc) is 2.15. The molecule has 0 heterocycles. The van der Waals surface area contributed by atoms with Crippen molar-refractivity contribution >= 4 is 22.0 Å². The van der Waals surface area contributed by atoms with Crippen molar-refractivity contribution < 1.29 is 9.90 Å². The van der Waals surface area contributed by atoms with Crippen LogP contribution in [0.15, 0.2) is 24.3 Å². The molecule has 0 aliphatic carbocycles. The van der Waals surface area contributed by atoms with Gasteiger partial charge in [0.05, 0.1) is 0 Å². The van der Waals surface area contributed by atoms with Crippen LogP contribution in [0, 0.1) is 0 Å². The SMILES string of the molecule is O=C(O)NCc1ccccc1CBr. The van der Waals surface area contributed by atoms with E-state index < -0.39 is 6.09 Å². The third-order valence-electron chi connectivity index (χ3n) is 1.69. The molecule has 1 rings (SSSR count). The molecule has 0 aliphatic rings. The summed E-state index contributed by atoms with van der Waals surface area (Å²) in [5.74, 6) is 0. The summed E-state index contributed by atoms with van der Waals surface area (Å²) in [6.07, 6.45) is -0.996. The van der Waals surface area contributed by atoms with E-state index >= 15 is 0 Å². The van der Waals surface area contributed by atoms with Gasteiger partial charge < -0.3 is 10.4 Å². The van der Waals surface area contributed by atoms with Crippen molar-refractivity contribution in [3.05, 3.63) is 35.4 Å². The molecule has 2 N–H and O–H groups in total. The van der Waals surface area contributed by atoms with Crippen LogP contribution in [0.1, 0.15) is 11.1 Å². The lowest BCUT2D eigenvalue weighted by Crippen LogP contribution is -2.20. The highest BCUT2D eigenvalue weighted by molar-refractivity contribution is 9.08. The molecule has 0 aromatic heterocycles. The Morgan fingerprint density at radius 1 is 1.38 bits per heavy atom. The van der Waals surface area contributed by atoms with Crippen LogP contribution in [-0.4, -0.2) is 11.2 Å². The summed E-state index contributed by atoms with van der Waals surface area (Å²) < 4.78 is 0. The molecule has 0 unspecified atom stereocenters. The predicted octanol–water partition coefficient (Wildman–Crippen LogP) is 2.35. The molecule has 0 saturated heterocycles. The van der Waals surface area contributed by atoms with Crippen LogP contribution in [0.25, 0.3) is 0 Å². The Hall–Kier alpha value is -1.03. The number of carboxylic acid groups (broad SMARTS) is 1. The second kappa shape index (κ2) is 4.87. The summed E-state index contributed by atoms with van der Waals surface area (Å²) in [7, 11) is 0. The Morgan fingerprint density at radius 3 is 2.54 bits per heavy atom. The van der Waals surface area contributed by atoms with Gasteiger partial charge in [0.15, 0.2) is 0 Å². The van der Waals surface area contributed by atoms with E-state index in [0.29, 0.717) is 6.54 Å². The number of carbonyl (C=O) groups is 1. The summed E-state index contributed by atoms with van der Waals surface area (Å²) >= 11 is 3.34. The van der Waals surface area contributed by atoms with Crippen molar-refractivity contribution in [2.45, 2.75) is 11.9 Å². The number of nitrogens with one attached hydrogen (secondary N) is 1. The molecule has 0 atom stereocenters. The van der Waals surface area contributed by atoms with Crippen LogP contribution in [-0.2, 0) is 11.9 Å². The zero-order valence-corrected chi connectivity index (χ0v) is 8.54. The second-order valence-corrected chi connectivity index (χ2v) is 3.12. The number of alkyl halides is 1. The van der Waals surface area contributed by atoms with Crippen molar-refractivity contribution in [3.8, 4) is 0 Å². The van der Waals surface area contributed by atoms with Gasteiger partial charge in [-0.1, -0.05) is 40.2 Å². The fourth-order valence-corrected chi connectivity index (χ4v) is 1.58. The summed E-state index contributed by atoms with van der Waals surface area (Å²) in [4.78, 5) is 10.2. The van der Waals surface area contributed by atoms with Crippen molar-refractivity contribution in [1.82, 2.24) is 5.32 Å². The first-order valence-electron chi connectivity index (χ1n) is 3.83. The Labute approximate surface area is 84.9 Å². The van der Waals surface area contributed by atoms with Gasteiger partial charge in [-0.15, -0.1) is 0 Å². The minimum absolute atomic E-state index is 0.358. The third kappa shape index (κ3) is 3.06. The first-order chi connectivity index (χ1) is 6.24. The smallest absolute Gasteiger partial charge is 0.404 e. The lowest BCUT2D eigenvalue weighted by molar-refractivity contribution is 0.194. The molecule has 1 aromatic rings. The van der Waals surface area contributed by atoms with Gasteiger partial charge in [0.1, 0.15) is 0 Å². The van der Waals surface area contributed by atoms with Crippen molar-refractivity contribution in [3.63, 3.8) is 0 Å². The Bertz CT molecular complexity index is 301. The standard InChI is InChI=1S/C9H10BrNO2/c10-5-7-3-1-2-4-8(7)6-11-9(12)13/h1-4,11H,5-6H2,(H,12,13). The van der Waals surface area contributed by atoms with Gasteiger partial charge in [-0.05, 0) is 11.1 Å². The number of hydrogen-bond acceptors (Lipinski definition) is 1. The average molecular weight is 244 g/mol. The van der Waals surface area contributed by atoms with E-state index in [9.17, 15) is 4.79 Å². The first-order valence-corrected chi connectivity index (χ1v) is 4.95. The van der Waals surface area contributed by atoms with E-state index in [0.717, 1.165) is 16.5 Å². The van der Waals surface area contributed by atoms with Crippen LogP contribution in [0.4, 0.5) is 4.79 Å². The molecule has 0 saturated carbocycles. The quantitative estimate of drug-likeness (QED) is 0.802. The van der Waals surface area contributed by atoms with Gasteiger partial charge in [0.2, 0.25) is 0 Å². The van der Waals surface area contributed by atoms with Gasteiger partial charge in [-0.3, -0.25) is 0 Å². The van der Waals surface area contributed by atoms with E-state index in [-0.39, 0.29) is 0 Å². The summed E-state index contributed by atoms with van der Waals surface area (Å²) in [6.45, 7) is 0.358. The van der Waals surface area contributed by atoms with Crippen LogP contribution in [0.3, 0.4) is 0 Å². The monoisotopic (exact) mass is 243 g/mol. The highest BCUT2D eigenvalue weighted by atomic mass is 79.9. The summed E-state index contributed by atoms with van der Waals surface area (Å²) in [5, 5.41) is 11.5. The lowest BCUT2D eigenvalue weighted by Gasteiger charge is -2.05. The van der Waals surface area contributed by atoms with E-state index in [1.54, 1.807) is 0 Å². The minimum atomic E-state index is -0.996. The largest absolute Gasteiger partial charge is 0.465 e. The van der Waals surface area contributed by atoms with E-state index in [1.165, 1.54) is 0 Å². The molecule has 13 heavy (non-hydrogen) atoms. The fourth-order valence-electron chi connectivity index (χ4n) is 1.03. The molecule has 70 valence electrons. The lowest BCUT2D eigenvalue weighted by atomic mass is 10.1. The van der Waals surface area contributed by atoms with Crippen LogP contribution >= 0.6 is 15.9 Å². The minimum Gasteiger partial charge on any atom is -0.465 e. The fraction of sp³-hybridized carbons (Fsp3) is 0.222. The summed E-state index contributed by atoms with van der Waals surface area (Å²) in [5.41, 5.74) is 2.11. The predicted molar refractivity (Wildman–Crippen MR) is 53.9 cm³/mol. The highest BCUT2D eigenvalue weighted by Gasteiger charge is 2.00. The van der Waals surface area contributed by atoms with Gasteiger partial charge in [0, 0.05) is 11.9 Å². The van der Waals surface area contributed by atoms with Gasteiger partial charge >= 0.3 is 6.09 Å². The number of rotatable bonds is 3. The van der Waals surface area contributed by atoms with Crippen LogP contribution < -0.4 is 5.32 Å². The Morgan fingerprint density at radius 2 is 2.00 bits per heavy atom. The topological polar surface area (TPSA) is 49.3 Å². The number of halogens is 1. The number of amides is 1. The molecule has 0 radical (unpaired) electrons. The Balaban J connectivity index is 2.69. The van der Waals surface area contributed by atoms with Crippen molar-refractivity contribution in [1.29, 1.82) is 0 Å². The highest BCUT2D eigenvalue weighted by Crippen LogP contribution is 2.11. The van der Waals surface area contributed by atoms with Gasteiger partial charge in [0.25, 0.3) is 0 Å². The molecule has 1 aromatic carbocycles. The zero-order valence-electron chi connectivity index (χ0n) is 6.96. The molecule has 0 bridgehead atoms. The normalized spacial score (nSPS) is 9.62. The zero-order chi connectivity index (χ0) is 9.68. The molecule has 0 fully saturated rings. The molecule has 1 amide bonds. The van der Waals surface area contributed by atoms with Crippen LogP contribution in [0.5, 0.6) is 0 Å². The van der Waals surface area contributed by atoms with Crippen molar-refractivity contribution in [2.75, 3.05) is 0 Å². The second-order valence-electron chi connectivity index (χ2n) is 2.56. The van der Waals surface area contributed by atoms with E-state index in [4.69, 9.17) is 5.11 Å². The summed E-state index contributed by atoms with van der Waals surface area (Å²) in [6, 6.07) is 7.70. The first kappa shape index (κ1) is 10.1. The molecular formula is C9H10BrNO2. The van der Waals surface area contributed by atoms with E-state index in [1.807, 2.05) is 24.3 Å². The molecule has 0 spiro atoms. The van der Waals surface area contributed by atoms with Gasteiger partial charge in [-0.25, -0.2) is 4.79 Å². The Kier molecular flexibility index (Phi) is 3.76. The maximum Gasteiger partial charge on any atom is 0.404 e. The maximum absolute atomic E-state index is 10.2. The molecule has 4 heteroatoms. The molecule has 3 nitrogen and oxygen atoms in total. The van der Waals surface area contributed by atoms with Crippen molar-refractivity contribution in [2.24, 2.45) is 0 Å². The third-order valence-corrected chi connectivity index (χ3v) is 2.30. The number of benzene rings is 1. The number of hydrogen-bond donors (Lipinski definition) is 2. The maximum atomic E-state index is 10.2. The van der Waals surface area contributed by atoms with E-state index in [2.05, 4.69) is 21.2 Å². The molecular weight excluding hydrogens is 234 g/mol. The van der Waals surface area contributed by atoms with Crippen LogP contribution in [0.2, 0.25) is 0 Å². The molecule has 0 aliphatic heterocycles. The van der Waals surface area contributed by atoms with Gasteiger partial charge in [-0.2, -0.15) is 0 Å².